The van der Waals surface area contributed by atoms with E-state index in [1.165, 1.54) is 4.88 Å². The van der Waals surface area contributed by atoms with E-state index in [1.807, 2.05) is 61.7 Å². The van der Waals surface area contributed by atoms with Crippen molar-refractivity contribution in [2.45, 2.75) is 27.0 Å². The molecule has 1 N–H and O–H groups in total. The van der Waals surface area contributed by atoms with Crippen molar-refractivity contribution in [3.8, 4) is 0 Å². The zero-order valence-electron chi connectivity index (χ0n) is 15.4. The Morgan fingerprint density at radius 3 is 2.59 bits per heavy atom. The first-order valence-corrected chi connectivity index (χ1v) is 9.59. The van der Waals surface area contributed by atoms with Crippen molar-refractivity contribution < 1.29 is 14.3 Å². The molecule has 27 heavy (non-hydrogen) atoms. The van der Waals surface area contributed by atoms with Crippen molar-refractivity contribution in [3.05, 3.63) is 81.3 Å². The van der Waals surface area contributed by atoms with Gasteiger partial charge in [-0.05, 0) is 36.9 Å². The molecule has 0 aliphatic rings. The number of aromatic nitrogens is 1. The highest BCUT2D eigenvalue weighted by molar-refractivity contribution is 7.09. The first-order chi connectivity index (χ1) is 13.0. The maximum atomic E-state index is 12.5. The number of benzene rings is 1. The Kier molecular flexibility index (Phi) is 6.08. The summed E-state index contributed by atoms with van der Waals surface area (Å²) in [6, 6.07) is 15.4. The van der Waals surface area contributed by atoms with Gasteiger partial charge in [-0.1, -0.05) is 36.4 Å². The van der Waals surface area contributed by atoms with Crippen LogP contribution in [0.3, 0.4) is 0 Å². The average molecular weight is 382 g/mol. The molecule has 0 saturated heterocycles. The molecule has 0 saturated carbocycles. The molecule has 0 aliphatic heterocycles. The number of carbonyl (C=O) groups excluding carboxylic acids is 2. The van der Waals surface area contributed by atoms with Gasteiger partial charge in [0.1, 0.15) is 13.2 Å². The van der Waals surface area contributed by atoms with Crippen molar-refractivity contribution in [2.24, 2.45) is 0 Å². The van der Waals surface area contributed by atoms with Crippen LogP contribution in [0.4, 0.5) is 0 Å². The molecule has 0 aliphatic carbocycles. The van der Waals surface area contributed by atoms with Crippen LogP contribution < -0.4 is 5.32 Å². The van der Waals surface area contributed by atoms with Gasteiger partial charge in [-0.25, -0.2) is 0 Å². The van der Waals surface area contributed by atoms with Gasteiger partial charge < -0.3 is 14.6 Å². The van der Waals surface area contributed by atoms with Gasteiger partial charge in [0.05, 0.1) is 12.1 Å². The number of nitrogens with one attached hydrogen (secondary N) is 1. The monoisotopic (exact) mass is 382 g/mol. The second-order valence-electron chi connectivity index (χ2n) is 6.28. The molecule has 0 unspecified atom stereocenters. The summed E-state index contributed by atoms with van der Waals surface area (Å²) in [5, 5.41) is 4.69. The number of amides is 1. The van der Waals surface area contributed by atoms with Crippen molar-refractivity contribution >= 4 is 23.2 Å². The first-order valence-electron chi connectivity index (χ1n) is 8.71. The van der Waals surface area contributed by atoms with Gasteiger partial charge in [0.25, 0.3) is 5.91 Å². The Morgan fingerprint density at radius 2 is 1.89 bits per heavy atom. The van der Waals surface area contributed by atoms with Crippen molar-refractivity contribution in [1.82, 2.24) is 9.88 Å². The normalized spacial score (nSPS) is 10.6. The Hall–Kier alpha value is -2.86. The average Bonchev–Trinajstić information content (AvgIpc) is 3.29. The van der Waals surface area contributed by atoms with Gasteiger partial charge in [-0.15, -0.1) is 11.3 Å². The van der Waals surface area contributed by atoms with Gasteiger partial charge in [0.2, 0.25) is 0 Å². The minimum Gasteiger partial charge on any atom is -0.460 e. The number of thiophene rings is 1. The zero-order valence-corrected chi connectivity index (χ0v) is 16.2. The summed E-state index contributed by atoms with van der Waals surface area (Å²) in [7, 11) is 0. The fourth-order valence-electron chi connectivity index (χ4n) is 2.87. The Morgan fingerprint density at radius 1 is 1.11 bits per heavy atom. The largest absolute Gasteiger partial charge is 0.460 e. The Bertz CT molecular complexity index is 915. The number of hydrogen-bond donors (Lipinski definition) is 1. The van der Waals surface area contributed by atoms with Crippen LogP contribution in [0.5, 0.6) is 0 Å². The standard InChI is InChI=1S/C21H22N2O3S/c1-15-11-19(16(2)23(15)13-18-9-6-10-27-18)21(25)22-12-20(24)26-14-17-7-4-3-5-8-17/h3-11H,12-14H2,1-2H3,(H,22,25). The number of ether oxygens (including phenoxy) is 1. The molecule has 0 bridgehead atoms. The number of hydrogen-bond acceptors (Lipinski definition) is 4. The number of esters is 1. The summed E-state index contributed by atoms with van der Waals surface area (Å²) in [5.41, 5.74) is 3.39. The molecular formula is C21H22N2O3S. The SMILES string of the molecule is Cc1cc(C(=O)NCC(=O)OCc2ccccc2)c(C)n1Cc1cccs1. The number of aryl methyl sites for hydroxylation is 1. The quantitative estimate of drug-likeness (QED) is 0.634. The molecule has 0 fully saturated rings. The maximum absolute atomic E-state index is 12.5. The van der Waals surface area contributed by atoms with Crippen LogP contribution in [-0.4, -0.2) is 23.0 Å². The third-order valence-corrected chi connectivity index (χ3v) is 5.21. The van der Waals surface area contributed by atoms with E-state index in [0.29, 0.717) is 5.56 Å². The first kappa shape index (κ1) is 18.9. The molecule has 0 spiro atoms. The van der Waals surface area contributed by atoms with E-state index >= 15 is 0 Å². The van der Waals surface area contributed by atoms with Gasteiger partial charge in [0, 0.05) is 16.3 Å². The number of carbonyl (C=O) groups is 2. The predicted molar refractivity (Wildman–Crippen MR) is 106 cm³/mol. The predicted octanol–water partition coefficient (Wildman–Crippen LogP) is 3.69. The van der Waals surface area contributed by atoms with Crippen LogP contribution in [-0.2, 0) is 22.7 Å². The van der Waals surface area contributed by atoms with E-state index in [4.69, 9.17) is 4.74 Å². The minimum atomic E-state index is -0.459. The van der Waals surface area contributed by atoms with Crippen LogP contribution in [0.1, 0.15) is 32.2 Å². The van der Waals surface area contributed by atoms with E-state index in [2.05, 4.69) is 16.0 Å². The summed E-state index contributed by atoms with van der Waals surface area (Å²) in [5.74, 6) is -0.725. The lowest BCUT2D eigenvalue weighted by atomic mass is 10.2. The molecular weight excluding hydrogens is 360 g/mol. The van der Waals surface area contributed by atoms with Gasteiger partial charge in [-0.2, -0.15) is 0 Å². The van der Waals surface area contributed by atoms with Gasteiger partial charge >= 0.3 is 5.97 Å². The van der Waals surface area contributed by atoms with Crippen molar-refractivity contribution in [2.75, 3.05) is 6.54 Å². The zero-order chi connectivity index (χ0) is 19.2. The summed E-state index contributed by atoms with van der Waals surface area (Å²) in [6.45, 7) is 4.68. The van der Waals surface area contributed by atoms with E-state index in [1.54, 1.807) is 11.3 Å². The molecule has 2 heterocycles. The molecule has 3 aromatic rings. The Labute approximate surface area is 162 Å². The van der Waals surface area contributed by atoms with Gasteiger partial charge in [-0.3, -0.25) is 9.59 Å². The third-order valence-electron chi connectivity index (χ3n) is 4.35. The fraction of sp³-hybridized carbons (Fsp3) is 0.238. The second-order valence-corrected chi connectivity index (χ2v) is 7.31. The van der Waals surface area contributed by atoms with Gasteiger partial charge in [0.15, 0.2) is 0 Å². The number of rotatable bonds is 7. The van der Waals surface area contributed by atoms with Crippen LogP contribution >= 0.6 is 11.3 Å². The number of nitrogens with zero attached hydrogens (tertiary/aromatic N) is 1. The summed E-state index contributed by atoms with van der Waals surface area (Å²) in [4.78, 5) is 25.6. The Balaban J connectivity index is 1.55. The maximum Gasteiger partial charge on any atom is 0.325 e. The molecule has 5 nitrogen and oxygen atoms in total. The lowest BCUT2D eigenvalue weighted by molar-refractivity contribution is -0.143. The van der Waals surface area contributed by atoms with Crippen LogP contribution in [0.2, 0.25) is 0 Å². The van der Waals surface area contributed by atoms with E-state index in [9.17, 15) is 9.59 Å². The minimum absolute atomic E-state index is 0.153. The molecule has 1 amide bonds. The van der Waals surface area contributed by atoms with Crippen LogP contribution in [0.15, 0.2) is 53.9 Å². The van der Waals surface area contributed by atoms with E-state index < -0.39 is 5.97 Å². The topological polar surface area (TPSA) is 60.3 Å². The highest BCUT2D eigenvalue weighted by atomic mass is 32.1. The fourth-order valence-corrected chi connectivity index (χ4v) is 3.56. The molecule has 0 radical (unpaired) electrons. The molecule has 2 aromatic heterocycles. The molecule has 3 rings (SSSR count). The van der Waals surface area contributed by atoms with Crippen LogP contribution in [0.25, 0.3) is 0 Å². The summed E-state index contributed by atoms with van der Waals surface area (Å²) in [6.07, 6.45) is 0. The highest BCUT2D eigenvalue weighted by Gasteiger charge is 2.17. The third kappa shape index (κ3) is 4.86. The van der Waals surface area contributed by atoms with Crippen molar-refractivity contribution in [1.29, 1.82) is 0 Å². The molecule has 0 atom stereocenters. The summed E-state index contributed by atoms with van der Waals surface area (Å²) < 4.78 is 7.29. The second kappa shape index (κ2) is 8.68. The lowest BCUT2D eigenvalue weighted by Gasteiger charge is -2.09. The van der Waals surface area contributed by atoms with E-state index in [0.717, 1.165) is 23.5 Å². The smallest absolute Gasteiger partial charge is 0.325 e. The van der Waals surface area contributed by atoms with Crippen molar-refractivity contribution in [3.63, 3.8) is 0 Å². The van der Waals surface area contributed by atoms with E-state index in [-0.39, 0.29) is 19.1 Å². The lowest BCUT2D eigenvalue weighted by Crippen LogP contribution is -2.30. The molecule has 6 heteroatoms. The van der Waals surface area contributed by atoms with Crippen LogP contribution in [0, 0.1) is 13.8 Å². The molecule has 1 aromatic carbocycles. The highest BCUT2D eigenvalue weighted by Crippen LogP contribution is 2.19. The summed E-state index contributed by atoms with van der Waals surface area (Å²) >= 11 is 1.69. The molecule has 140 valence electrons.